The minimum Gasteiger partial charge on any atom is -0.465 e. The normalized spacial score (nSPS) is 26.3. The lowest BCUT2D eigenvalue weighted by Gasteiger charge is -2.37. The first-order valence-electron chi connectivity index (χ1n) is 4.67. The first kappa shape index (κ1) is 12.3. The number of ether oxygens (including phenoxy) is 2. The Morgan fingerprint density at radius 2 is 2.13 bits per heavy atom. The Hall–Kier alpha value is -0.780. The highest BCUT2D eigenvalue weighted by Crippen LogP contribution is 2.35. The second kappa shape index (κ2) is 4.38. The van der Waals surface area contributed by atoms with E-state index in [-0.39, 0.29) is 19.1 Å². The maximum Gasteiger partial charge on any atom is 0.415 e. The summed E-state index contributed by atoms with van der Waals surface area (Å²) in [5, 5.41) is 0. The highest BCUT2D eigenvalue weighted by Gasteiger charge is 2.52. The lowest BCUT2D eigenvalue weighted by Crippen LogP contribution is -2.51. The number of carbonyl (C=O) groups is 1. The van der Waals surface area contributed by atoms with Crippen LogP contribution in [0.4, 0.5) is 13.2 Å². The minimum absolute atomic E-state index is 0.00441. The van der Waals surface area contributed by atoms with Crippen LogP contribution in [0.3, 0.4) is 0 Å². The van der Waals surface area contributed by atoms with E-state index in [1.165, 1.54) is 0 Å². The highest BCUT2D eigenvalue weighted by molar-refractivity contribution is 5.71. The van der Waals surface area contributed by atoms with Crippen molar-refractivity contribution < 1.29 is 27.4 Å². The van der Waals surface area contributed by atoms with Gasteiger partial charge in [0, 0.05) is 0 Å². The summed E-state index contributed by atoms with van der Waals surface area (Å²) in [7, 11) is 0. The molecule has 2 unspecified atom stereocenters. The van der Waals surface area contributed by atoms with Crippen LogP contribution in [0.2, 0.25) is 0 Å². The fourth-order valence-corrected chi connectivity index (χ4v) is 1.18. The average Bonchev–Trinajstić information content (AvgIpc) is 1.98. The van der Waals surface area contributed by atoms with Gasteiger partial charge in [-0.25, -0.2) is 0 Å². The molecule has 1 fully saturated rings. The van der Waals surface area contributed by atoms with Crippen LogP contribution in [-0.2, 0) is 14.3 Å². The van der Waals surface area contributed by atoms with Crippen molar-refractivity contribution in [3.63, 3.8) is 0 Å². The van der Waals surface area contributed by atoms with Gasteiger partial charge in [-0.15, -0.1) is 0 Å². The summed E-state index contributed by atoms with van der Waals surface area (Å²) in [6.45, 7) is 3.03. The number of alkyl halides is 3. The van der Waals surface area contributed by atoms with Gasteiger partial charge in [0.1, 0.15) is 0 Å². The van der Waals surface area contributed by atoms with Crippen molar-refractivity contribution in [1.29, 1.82) is 0 Å². The lowest BCUT2D eigenvalue weighted by molar-refractivity contribution is -0.293. The second-order valence-electron chi connectivity index (χ2n) is 3.84. The Kier molecular flexibility index (Phi) is 3.59. The standard InChI is InChI=1S/C9H13F3O3/c1-5(2)8(13)15-4-6-3-14-7(6)9(10,11)12/h5-7H,3-4H2,1-2H3. The zero-order valence-corrected chi connectivity index (χ0v) is 8.50. The Bertz CT molecular complexity index is 237. The molecular weight excluding hydrogens is 213 g/mol. The van der Waals surface area contributed by atoms with Gasteiger partial charge < -0.3 is 9.47 Å². The molecule has 0 aromatic heterocycles. The number of esters is 1. The second-order valence-corrected chi connectivity index (χ2v) is 3.84. The SMILES string of the molecule is CC(C)C(=O)OCC1COC1C(F)(F)F. The molecule has 3 nitrogen and oxygen atoms in total. The predicted octanol–water partition coefficient (Wildman–Crippen LogP) is 1.76. The van der Waals surface area contributed by atoms with Crippen molar-refractivity contribution in [1.82, 2.24) is 0 Å². The van der Waals surface area contributed by atoms with Crippen molar-refractivity contribution in [2.75, 3.05) is 13.2 Å². The Morgan fingerprint density at radius 3 is 2.47 bits per heavy atom. The summed E-state index contributed by atoms with van der Waals surface area (Å²) in [5.41, 5.74) is 0. The number of hydrogen-bond donors (Lipinski definition) is 0. The molecule has 0 aromatic carbocycles. The van der Waals surface area contributed by atoms with Gasteiger partial charge in [-0.1, -0.05) is 13.8 Å². The van der Waals surface area contributed by atoms with Crippen molar-refractivity contribution in [2.24, 2.45) is 11.8 Å². The van der Waals surface area contributed by atoms with Gasteiger partial charge in [0.2, 0.25) is 0 Å². The molecule has 0 bridgehead atoms. The Labute approximate surface area is 85.5 Å². The van der Waals surface area contributed by atoms with Gasteiger partial charge in [-0.2, -0.15) is 13.2 Å². The zero-order chi connectivity index (χ0) is 11.6. The van der Waals surface area contributed by atoms with Crippen molar-refractivity contribution >= 4 is 5.97 Å². The monoisotopic (exact) mass is 226 g/mol. The van der Waals surface area contributed by atoms with Crippen molar-refractivity contribution in [3.8, 4) is 0 Å². The minimum atomic E-state index is -4.37. The topological polar surface area (TPSA) is 35.5 Å². The van der Waals surface area contributed by atoms with Crippen LogP contribution >= 0.6 is 0 Å². The van der Waals surface area contributed by atoms with Crippen LogP contribution in [0.5, 0.6) is 0 Å². The quantitative estimate of drug-likeness (QED) is 0.688. The van der Waals surface area contributed by atoms with Crippen LogP contribution in [0.25, 0.3) is 0 Å². The molecule has 1 aliphatic heterocycles. The van der Waals surface area contributed by atoms with E-state index in [0.717, 1.165) is 0 Å². The van der Waals surface area contributed by atoms with Crippen LogP contribution in [0.15, 0.2) is 0 Å². The molecule has 1 aliphatic rings. The van der Waals surface area contributed by atoms with Crippen molar-refractivity contribution in [2.45, 2.75) is 26.1 Å². The molecule has 0 N–H and O–H groups in total. The third kappa shape index (κ3) is 3.09. The van der Waals surface area contributed by atoms with E-state index >= 15 is 0 Å². The van der Waals surface area contributed by atoms with E-state index in [1.54, 1.807) is 13.8 Å². The van der Waals surface area contributed by atoms with Crippen LogP contribution < -0.4 is 0 Å². The number of halogens is 3. The van der Waals surface area contributed by atoms with E-state index in [1.807, 2.05) is 0 Å². The van der Waals surface area contributed by atoms with Gasteiger partial charge in [-0.3, -0.25) is 4.79 Å². The molecule has 6 heteroatoms. The fraction of sp³-hybridized carbons (Fsp3) is 0.889. The van der Waals surface area contributed by atoms with Crippen molar-refractivity contribution in [3.05, 3.63) is 0 Å². The smallest absolute Gasteiger partial charge is 0.415 e. The molecule has 0 saturated carbocycles. The van der Waals surface area contributed by atoms with Gasteiger partial charge in [0.25, 0.3) is 0 Å². The summed E-state index contributed by atoms with van der Waals surface area (Å²) in [4.78, 5) is 11.0. The summed E-state index contributed by atoms with van der Waals surface area (Å²) in [5.74, 6) is -1.56. The third-order valence-electron chi connectivity index (χ3n) is 2.15. The molecule has 1 saturated heterocycles. The zero-order valence-electron chi connectivity index (χ0n) is 8.50. The van der Waals surface area contributed by atoms with E-state index in [4.69, 9.17) is 4.74 Å². The molecule has 0 aliphatic carbocycles. The summed E-state index contributed by atoms with van der Waals surface area (Å²) in [6.07, 6.45) is -6.15. The first-order chi connectivity index (χ1) is 6.82. The summed E-state index contributed by atoms with van der Waals surface area (Å²) in [6, 6.07) is 0. The number of carbonyl (C=O) groups excluding carboxylic acids is 1. The predicted molar refractivity (Wildman–Crippen MR) is 45.1 cm³/mol. The molecule has 1 rings (SSSR count). The third-order valence-corrected chi connectivity index (χ3v) is 2.15. The summed E-state index contributed by atoms with van der Waals surface area (Å²) >= 11 is 0. The summed E-state index contributed by atoms with van der Waals surface area (Å²) < 4.78 is 45.6. The molecule has 1 heterocycles. The van der Waals surface area contributed by atoms with Crippen LogP contribution in [0, 0.1) is 11.8 Å². The average molecular weight is 226 g/mol. The van der Waals surface area contributed by atoms with Gasteiger partial charge in [0.05, 0.1) is 25.0 Å². The molecule has 0 amide bonds. The van der Waals surface area contributed by atoms with Gasteiger partial charge >= 0.3 is 12.1 Å². The maximum absolute atomic E-state index is 12.2. The van der Waals surface area contributed by atoms with Gasteiger partial charge in [0.15, 0.2) is 6.10 Å². The number of hydrogen-bond acceptors (Lipinski definition) is 3. The molecule has 2 atom stereocenters. The van der Waals surface area contributed by atoms with E-state index in [0.29, 0.717) is 0 Å². The molecule has 0 spiro atoms. The first-order valence-corrected chi connectivity index (χ1v) is 4.67. The lowest BCUT2D eigenvalue weighted by atomic mass is 9.98. The molecule has 0 aromatic rings. The molecule has 15 heavy (non-hydrogen) atoms. The molecule has 0 radical (unpaired) electrons. The van der Waals surface area contributed by atoms with Gasteiger partial charge in [-0.05, 0) is 0 Å². The van der Waals surface area contributed by atoms with Crippen LogP contribution in [0.1, 0.15) is 13.8 Å². The van der Waals surface area contributed by atoms with E-state index in [9.17, 15) is 18.0 Å². The van der Waals surface area contributed by atoms with Crippen LogP contribution in [-0.4, -0.2) is 31.5 Å². The molecule has 88 valence electrons. The van der Waals surface area contributed by atoms with E-state index in [2.05, 4.69) is 4.74 Å². The highest BCUT2D eigenvalue weighted by atomic mass is 19.4. The Balaban J connectivity index is 2.32. The number of rotatable bonds is 3. The maximum atomic E-state index is 12.2. The Morgan fingerprint density at radius 1 is 1.53 bits per heavy atom. The largest absolute Gasteiger partial charge is 0.465 e. The molecular formula is C9H13F3O3. The van der Waals surface area contributed by atoms with E-state index < -0.39 is 24.2 Å². The fourth-order valence-electron chi connectivity index (χ4n) is 1.18.